The third-order valence-corrected chi connectivity index (χ3v) is 5.32. The summed E-state index contributed by atoms with van der Waals surface area (Å²) in [6.45, 7) is 11.6. The quantitative estimate of drug-likeness (QED) is 0.698. The van der Waals surface area contributed by atoms with Gasteiger partial charge in [0.1, 0.15) is 5.82 Å². The molecule has 1 N–H and O–H groups in total. The van der Waals surface area contributed by atoms with Crippen molar-refractivity contribution in [1.29, 1.82) is 0 Å². The summed E-state index contributed by atoms with van der Waals surface area (Å²) in [5.41, 5.74) is 3.72. The molecule has 0 spiro atoms. The van der Waals surface area contributed by atoms with Gasteiger partial charge in [-0.25, -0.2) is 9.50 Å². The Hall–Kier alpha value is -2.10. The van der Waals surface area contributed by atoms with Crippen molar-refractivity contribution >= 4 is 22.4 Å². The number of benzene rings is 1. The van der Waals surface area contributed by atoms with Crippen LogP contribution in [0.2, 0.25) is 0 Å². The number of para-hydroxylation sites is 1. The second-order valence-electron chi connectivity index (χ2n) is 9.29. The molecule has 1 aromatic carbocycles. The first-order valence-corrected chi connectivity index (χ1v) is 9.24. The van der Waals surface area contributed by atoms with Gasteiger partial charge in [-0.3, -0.25) is 0 Å². The van der Waals surface area contributed by atoms with Crippen molar-refractivity contribution in [1.82, 2.24) is 14.6 Å². The molecule has 0 amide bonds. The Morgan fingerprint density at radius 1 is 1.08 bits per heavy atom. The Morgan fingerprint density at radius 2 is 1.76 bits per heavy atom. The van der Waals surface area contributed by atoms with E-state index in [0.717, 1.165) is 28.1 Å². The third kappa shape index (κ3) is 3.10. The zero-order valence-corrected chi connectivity index (χ0v) is 15.9. The van der Waals surface area contributed by atoms with Crippen LogP contribution in [0.15, 0.2) is 30.3 Å². The fourth-order valence-electron chi connectivity index (χ4n) is 5.03. The highest BCUT2D eigenvalue weighted by molar-refractivity contribution is 5.91. The van der Waals surface area contributed by atoms with E-state index in [1.165, 1.54) is 19.3 Å². The molecule has 1 aliphatic carbocycles. The molecule has 0 bridgehead atoms. The van der Waals surface area contributed by atoms with Gasteiger partial charge in [-0.05, 0) is 49.1 Å². The van der Waals surface area contributed by atoms with Gasteiger partial charge in [0.2, 0.25) is 0 Å². The number of nitrogens with zero attached hydrogens (tertiary/aromatic N) is 3. The lowest BCUT2D eigenvalue weighted by Crippen LogP contribution is -2.40. The van der Waals surface area contributed by atoms with Crippen LogP contribution in [0.5, 0.6) is 0 Å². The monoisotopic (exact) mass is 336 g/mol. The predicted molar refractivity (Wildman–Crippen MR) is 104 cm³/mol. The van der Waals surface area contributed by atoms with Crippen LogP contribution in [-0.4, -0.2) is 20.6 Å². The molecule has 0 radical (unpaired) electrons. The first-order chi connectivity index (χ1) is 11.7. The zero-order chi connectivity index (χ0) is 17.8. The molecule has 0 saturated heterocycles. The summed E-state index contributed by atoms with van der Waals surface area (Å²) in [5.74, 6) is 0.987. The van der Waals surface area contributed by atoms with Crippen molar-refractivity contribution in [3.05, 3.63) is 36.0 Å². The number of nitrogens with one attached hydrogen (secondary N) is 1. The van der Waals surface area contributed by atoms with Crippen LogP contribution in [0.4, 0.5) is 5.82 Å². The van der Waals surface area contributed by atoms with E-state index in [9.17, 15) is 0 Å². The van der Waals surface area contributed by atoms with E-state index in [-0.39, 0.29) is 0 Å². The maximum absolute atomic E-state index is 4.90. The second-order valence-corrected chi connectivity index (χ2v) is 9.29. The average molecular weight is 336 g/mol. The topological polar surface area (TPSA) is 42.2 Å². The number of hydrogen-bond acceptors (Lipinski definition) is 3. The Bertz CT molecular complexity index is 920. The SMILES string of the molecule is Cc1cc2nc(NC3CC(C)(C)CC(C)(C)C3)c3ccccc3n2n1. The standard InChI is InChI=1S/C21H28N4/c1-14-10-18-23-19(16-8-6-7-9-17(16)25(18)24-14)22-15-11-20(2,3)13-21(4,5)12-15/h6-10,15H,11-13H2,1-5H3,(H,22,23). The number of aromatic nitrogens is 3. The van der Waals surface area contributed by atoms with Crippen molar-refractivity contribution in [2.24, 2.45) is 10.8 Å². The molecule has 132 valence electrons. The van der Waals surface area contributed by atoms with Crippen LogP contribution in [0, 0.1) is 17.8 Å². The summed E-state index contributed by atoms with van der Waals surface area (Å²) in [4.78, 5) is 4.90. The molecule has 2 heterocycles. The normalized spacial score (nSPS) is 20.2. The van der Waals surface area contributed by atoms with Crippen LogP contribution in [-0.2, 0) is 0 Å². The van der Waals surface area contributed by atoms with Gasteiger partial charge < -0.3 is 5.32 Å². The van der Waals surface area contributed by atoms with E-state index < -0.39 is 0 Å². The molecule has 0 unspecified atom stereocenters. The lowest BCUT2D eigenvalue weighted by Gasteiger charge is -2.45. The van der Waals surface area contributed by atoms with Crippen molar-refractivity contribution in [3.8, 4) is 0 Å². The molecule has 0 aliphatic heterocycles. The third-order valence-electron chi connectivity index (χ3n) is 5.32. The molecular weight excluding hydrogens is 308 g/mol. The largest absolute Gasteiger partial charge is 0.367 e. The van der Waals surface area contributed by atoms with Crippen molar-refractivity contribution in [3.63, 3.8) is 0 Å². The van der Waals surface area contributed by atoms with Crippen LogP contribution in [0.3, 0.4) is 0 Å². The summed E-state index contributed by atoms with van der Waals surface area (Å²) in [6, 6.07) is 10.9. The second kappa shape index (κ2) is 5.45. The van der Waals surface area contributed by atoms with E-state index >= 15 is 0 Å². The van der Waals surface area contributed by atoms with Gasteiger partial charge in [0.25, 0.3) is 0 Å². The molecule has 0 atom stereocenters. The van der Waals surface area contributed by atoms with Crippen LogP contribution >= 0.6 is 0 Å². The fourth-order valence-corrected chi connectivity index (χ4v) is 5.03. The molecule has 3 aromatic rings. The van der Waals surface area contributed by atoms with E-state index in [1.54, 1.807) is 0 Å². The van der Waals surface area contributed by atoms with Crippen molar-refractivity contribution in [2.75, 3.05) is 5.32 Å². The maximum Gasteiger partial charge on any atom is 0.158 e. The lowest BCUT2D eigenvalue weighted by atomic mass is 9.63. The number of hydrogen-bond donors (Lipinski definition) is 1. The smallest absolute Gasteiger partial charge is 0.158 e. The number of rotatable bonds is 2. The Kier molecular flexibility index (Phi) is 3.57. The molecule has 25 heavy (non-hydrogen) atoms. The fraction of sp³-hybridized carbons (Fsp3) is 0.524. The van der Waals surface area contributed by atoms with Gasteiger partial charge in [0.15, 0.2) is 5.65 Å². The van der Waals surface area contributed by atoms with E-state index in [0.29, 0.717) is 16.9 Å². The highest BCUT2D eigenvalue weighted by atomic mass is 15.3. The van der Waals surface area contributed by atoms with E-state index in [4.69, 9.17) is 4.98 Å². The van der Waals surface area contributed by atoms with Crippen LogP contribution in [0.1, 0.15) is 52.7 Å². The molecule has 1 saturated carbocycles. The Balaban J connectivity index is 1.78. The van der Waals surface area contributed by atoms with Gasteiger partial charge >= 0.3 is 0 Å². The van der Waals surface area contributed by atoms with Crippen molar-refractivity contribution < 1.29 is 0 Å². The molecular formula is C21H28N4. The van der Waals surface area contributed by atoms with Gasteiger partial charge in [0.05, 0.1) is 11.2 Å². The van der Waals surface area contributed by atoms with E-state index in [1.807, 2.05) is 17.5 Å². The Morgan fingerprint density at radius 3 is 2.48 bits per heavy atom. The number of anilines is 1. The minimum absolute atomic E-state index is 0.354. The molecule has 4 rings (SSSR count). The van der Waals surface area contributed by atoms with Gasteiger partial charge in [0, 0.05) is 17.5 Å². The molecule has 4 heteroatoms. The van der Waals surface area contributed by atoms with E-state index in [2.05, 4.69) is 62.4 Å². The average Bonchev–Trinajstić information content (AvgIpc) is 2.84. The number of fused-ring (bicyclic) bond motifs is 3. The summed E-state index contributed by atoms with van der Waals surface area (Å²) < 4.78 is 1.95. The number of aryl methyl sites for hydroxylation is 1. The minimum Gasteiger partial charge on any atom is -0.367 e. The minimum atomic E-state index is 0.354. The van der Waals surface area contributed by atoms with Crippen LogP contribution < -0.4 is 5.32 Å². The van der Waals surface area contributed by atoms with Gasteiger partial charge in [-0.1, -0.05) is 39.8 Å². The maximum atomic E-state index is 4.90. The molecule has 4 nitrogen and oxygen atoms in total. The first-order valence-electron chi connectivity index (χ1n) is 9.24. The lowest BCUT2D eigenvalue weighted by molar-refractivity contribution is 0.105. The Labute approximate surface area is 149 Å². The zero-order valence-electron chi connectivity index (χ0n) is 15.9. The predicted octanol–water partition coefficient (Wildman–Crippen LogP) is 5.21. The van der Waals surface area contributed by atoms with Crippen molar-refractivity contribution in [2.45, 2.75) is 59.9 Å². The molecule has 1 aliphatic rings. The highest BCUT2D eigenvalue weighted by Crippen LogP contribution is 2.46. The highest BCUT2D eigenvalue weighted by Gasteiger charge is 2.38. The summed E-state index contributed by atoms with van der Waals surface area (Å²) in [6.07, 6.45) is 3.62. The summed E-state index contributed by atoms with van der Waals surface area (Å²) in [5, 5.41) is 9.52. The van der Waals surface area contributed by atoms with Gasteiger partial charge in [-0.15, -0.1) is 0 Å². The first kappa shape index (κ1) is 16.4. The molecule has 2 aromatic heterocycles. The van der Waals surface area contributed by atoms with Gasteiger partial charge in [-0.2, -0.15) is 5.10 Å². The van der Waals surface area contributed by atoms with Crippen LogP contribution in [0.25, 0.3) is 16.6 Å². The summed E-state index contributed by atoms with van der Waals surface area (Å²) >= 11 is 0. The summed E-state index contributed by atoms with van der Waals surface area (Å²) in [7, 11) is 0. The molecule has 1 fully saturated rings.